The average Bonchev–Trinajstić information content (AvgIpc) is 2.44. The number of nitrogens with zero attached hydrogens (tertiary/aromatic N) is 1. The van der Waals surface area contributed by atoms with E-state index in [9.17, 15) is 0 Å². The highest BCUT2D eigenvalue weighted by Gasteiger charge is 2.32. The van der Waals surface area contributed by atoms with E-state index in [1.165, 1.54) is 64.6 Å². The summed E-state index contributed by atoms with van der Waals surface area (Å²) in [7, 11) is 0. The minimum Gasteiger partial charge on any atom is -0.330 e. The first kappa shape index (κ1) is 16.0. The molecule has 0 spiro atoms. The van der Waals surface area contributed by atoms with Gasteiger partial charge in [-0.1, -0.05) is 52.9 Å². The molecule has 0 unspecified atom stereocenters. The van der Waals surface area contributed by atoms with Gasteiger partial charge in [0.1, 0.15) is 0 Å². The van der Waals surface area contributed by atoms with Gasteiger partial charge in [-0.15, -0.1) is 0 Å². The molecule has 1 aliphatic rings. The van der Waals surface area contributed by atoms with E-state index in [0.717, 1.165) is 12.5 Å². The molecule has 1 fully saturated rings. The predicted molar refractivity (Wildman–Crippen MR) is 80.8 cm³/mol. The lowest BCUT2D eigenvalue weighted by molar-refractivity contribution is 0.102. The first-order chi connectivity index (χ1) is 8.69. The summed E-state index contributed by atoms with van der Waals surface area (Å²) in [5.41, 5.74) is 6.54. The fraction of sp³-hybridized carbons (Fsp3) is 1.00. The molecule has 2 heteroatoms. The predicted octanol–water partition coefficient (Wildman–Crippen LogP) is 3.65. The van der Waals surface area contributed by atoms with Crippen LogP contribution in [0.1, 0.15) is 65.7 Å². The van der Waals surface area contributed by atoms with Gasteiger partial charge in [-0.3, -0.25) is 0 Å². The quantitative estimate of drug-likeness (QED) is 0.716. The van der Waals surface area contributed by atoms with E-state index >= 15 is 0 Å². The van der Waals surface area contributed by atoms with Gasteiger partial charge in [0.15, 0.2) is 0 Å². The fourth-order valence-electron chi connectivity index (χ4n) is 3.42. The highest BCUT2D eigenvalue weighted by atomic mass is 15.1. The molecule has 0 amide bonds. The lowest BCUT2D eigenvalue weighted by Crippen LogP contribution is -2.45. The molecule has 0 aromatic rings. The van der Waals surface area contributed by atoms with E-state index in [0.29, 0.717) is 5.41 Å². The minimum absolute atomic E-state index is 0.431. The second kappa shape index (κ2) is 8.16. The summed E-state index contributed by atoms with van der Waals surface area (Å²) in [4.78, 5) is 2.66. The molecule has 0 bridgehead atoms. The Balaban J connectivity index is 2.53. The van der Waals surface area contributed by atoms with Crippen molar-refractivity contribution in [2.45, 2.75) is 65.7 Å². The zero-order valence-electron chi connectivity index (χ0n) is 12.9. The van der Waals surface area contributed by atoms with Crippen molar-refractivity contribution in [2.75, 3.05) is 26.2 Å². The SMILES string of the molecule is CCC(CC)CN(CC)CC1(CN)CCCCC1. The maximum Gasteiger partial charge on any atom is 0.00501 e. The van der Waals surface area contributed by atoms with Crippen LogP contribution in [0.4, 0.5) is 0 Å². The lowest BCUT2D eigenvalue weighted by Gasteiger charge is -2.41. The van der Waals surface area contributed by atoms with Crippen LogP contribution in [0.15, 0.2) is 0 Å². The van der Waals surface area contributed by atoms with E-state index in [-0.39, 0.29) is 0 Å². The Kier molecular flexibility index (Phi) is 7.25. The third-order valence-electron chi connectivity index (χ3n) is 5.02. The van der Waals surface area contributed by atoms with Gasteiger partial charge >= 0.3 is 0 Å². The van der Waals surface area contributed by atoms with Crippen LogP contribution in [-0.2, 0) is 0 Å². The summed E-state index contributed by atoms with van der Waals surface area (Å²) >= 11 is 0. The van der Waals surface area contributed by atoms with Crippen LogP contribution in [0.2, 0.25) is 0 Å². The molecule has 2 nitrogen and oxygen atoms in total. The first-order valence-corrected chi connectivity index (χ1v) is 8.12. The zero-order valence-corrected chi connectivity index (χ0v) is 12.9. The molecule has 0 heterocycles. The largest absolute Gasteiger partial charge is 0.330 e. The van der Waals surface area contributed by atoms with E-state index in [2.05, 4.69) is 25.7 Å². The van der Waals surface area contributed by atoms with E-state index in [1.54, 1.807) is 0 Å². The number of rotatable bonds is 8. The van der Waals surface area contributed by atoms with Crippen LogP contribution >= 0.6 is 0 Å². The average molecular weight is 254 g/mol. The van der Waals surface area contributed by atoms with Crippen molar-refractivity contribution in [3.8, 4) is 0 Å². The van der Waals surface area contributed by atoms with Crippen molar-refractivity contribution in [1.82, 2.24) is 4.90 Å². The second-order valence-corrected chi connectivity index (χ2v) is 6.28. The van der Waals surface area contributed by atoms with Crippen LogP contribution in [-0.4, -0.2) is 31.1 Å². The highest BCUT2D eigenvalue weighted by Crippen LogP contribution is 2.36. The topological polar surface area (TPSA) is 29.3 Å². The van der Waals surface area contributed by atoms with E-state index < -0.39 is 0 Å². The zero-order chi connectivity index (χ0) is 13.4. The van der Waals surface area contributed by atoms with Crippen molar-refractivity contribution in [2.24, 2.45) is 17.1 Å². The highest BCUT2D eigenvalue weighted by molar-refractivity contribution is 4.87. The molecule has 0 atom stereocenters. The molecule has 2 N–H and O–H groups in total. The van der Waals surface area contributed by atoms with E-state index in [4.69, 9.17) is 5.73 Å². The van der Waals surface area contributed by atoms with Crippen LogP contribution < -0.4 is 5.73 Å². The van der Waals surface area contributed by atoms with Gasteiger partial charge in [0.05, 0.1) is 0 Å². The Bertz CT molecular complexity index is 205. The van der Waals surface area contributed by atoms with Gasteiger partial charge in [0.2, 0.25) is 0 Å². The van der Waals surface area contributed by atoms with Crippen molar-refractivity contribution >= 4 is 0 Å². The normalized spacial score (nSPS) is 19.7. The Morgan fingerprint density at radius 3 is 2.11 bits per heavy atom. The maximum absolute atomic E-state index is 6.11. The van der Waals surface area contributed by atoms with Gasteiger partial charge in [-0.25, -0.2) is 0 Å². The molecule has 0 aromatic carbocycles. The van der Waals surface area contributed by atoms with Gasteiger partial charge in [-0.2, -0.15) is 0 Å². The molecule has 0 aliphatic heterocycles. The maximum atomic E-state index is 6.11. The molecule has 108 valence electrons. The molecule has 0 saturated heterocycles. The summed E-state index contributed by atoms with van der Waals surface area (Å²) in [5, 5.41) is 0. The summed E-state index contributed by atoms with van der Waals surface area (Å²) in [6, 6.07) is 0. The molecule has 18 heavy (non-hydrogen) atoms. The van der Waals surface area contributed by atoms with Gasteiger partial charge in [0, 0.05) is 13.1 Å². The molecular formula is C16H34N2. The minimum atomic E-state index is 0.431. The van der Waals surface area contributed by atoms with Crippen molar-refractivity contribution in [1.29, 1.82) is 0 Å². The molecule has 1 rings (SSSR count). The molecular weight excluding hydrogens is 220 g/mol. The summed E-state index contributed by atoms with van der Waals surface area (Å²) in [5.74, 6) is 0.864. The van der Waals surface area contributed by atoms with Crippen molar-refractivity contribution < 1.29 is 0 Å². The Labute approximate surface area is 114 Å². The molecule has 0 aromatic heterocycles. The first-order valence-electron chi connectivity index (χ1n) is 8.12. The summed E-state index contributed by atoms with van der Waals surface area (Å²) in [6.07, 6.45) is 9.51. The lowest BCUT2D eigenvalue weighted by atomic mass is 9.73. The van der Waals surface area contributed by atoms with Crippen LogP contribution in [0.25, 0.3) is 0 Å². The number of hydrogen-bond donors (Lipinski definition) is 1. The monoisotopic (exact) mass is 254 g/mol. The number of hydrogen-bond acceptors (Lipinski definition) is 2. The smallest absolute Gasteiger partial charge is 0.00501 e. The number of nitrogens with two attached hydrogens (primary N) is 1. The Hall–Kier alpha value is -0.0800. The van der Waals surface area contributed by atoms with Crippen LogP contribution in [0, 0.1) is 11.3 Å². The van der Waals surface area contributed by atoms with Gasteiger partial charge in [0.25, 0.3) is 0 Å². The van der Waals surface area contributed by atoms with Gasteiger partial charge < -0.3 is 10.6 Å². The Morgan fingerprint density at radius 1 is 1.06 bits per heavy atom. The summed E-state index contributed by atoms with van der Waals surface area (Å²) in [6.45, 7) is 11.5. The fourth-order valence-corrected chi connectivity index (χ4v) is 3.42. The Morgan fingerprint density at radius 2 is 1.67 bits per heavy atom. The third kappa shape index (κ3) is 4.55. The van der Waals surface area contributed by atoms with Crippen LogP contribution in [0.5, 0.6) is 0 Å². The van der Waals surface area contributed by atoms with E-state index in [1.807, 2.05) is 0 Å². The summed E-state index contributed by atoms with van der Waals surface area (Å²) < 4.78 is 0. The van der Waals surface area contributed by atoms with Crippen molar-refractivity contribution in [3.63, 3.8) is 0 Å². The molecule has 0 radical (unpaired) electrons. The standard InChI is InChI=1S/C16H34N2/c1-4-15(5-2)12-18(6-3)14-16(13-17)10-8-7-9-11-16/h15H,4-14,17H2,1-3H3. The van der Waals surface area contributed by atoms with Crippen LogP contribution in [0.3, 0.4) is 0 Å². The molecule has 1 saturated carbocycles. The molecule has 1 aliphatic carbocycles. The van der Waals surface area contributed by atoms with Gasteiger partial charge in [-0.05, 0) is 37.3 Å². The van der Waals surface area contributed by atoms with Crippen molar-refractivity contribution in [3.05, 3.63) is 0 Å². The third-order valence-corrected chi connectivity index (χ3v) is 5.02. The second-order valence-electron chi connectivity index (χ2n) is 6.28.